The summed E-state index contributed by atoms with van der Waals surface area (Å²) in [5.74, 6) is -4.34. The first-order chi connectivity index (χ1) is 17.3. The van der Waals surface area contributed by atoms with Crippen molar-refractivity contribution >= 4 is 23.6 Å². The van der Waals surface area contributed by atoms with Gasteiger partial charge in [-0.3, -0.25) is 14.4 Å². The van der Waals surface area contributed by atoms with Crippen LogP contribution in [0.4, 0.5) is 0 Å². The zero-order valence-electron chi connectivity index (χ0n) is 22.2. The molecule has 0 aromatic rings. The van der Waals surface area contributed by atoms with Gasteiger partial charge in [-0.25, -0.2) is 4.79 Å². The highest BCUT2D eigenvalue weighted by molar-refractivity contribution is 5.81. The van der Waals surface area contributed by atoms with Crippen molar-refractivity contribution in [2.75, 3.05) is 7.11 Å². The van der Waals surface area contributed by atoms with E-state index in [-0.39, 0.29) is 25.0 Å². The van der Waals surface area contributed by atoms with Crippen LogP contribution in [0.2, 0.25) is 0 Å². The highest BCUT2D eigenvalue weighted by Gasteiger charge is 2.26. The lowest BCUT2D eigenvalue weighted by molar-refractivity contribution is -0.138. The highest BCUT2D eigenvalue weighted by atomic mass is 16.5. The maximum absolute atomic E-state index is 12.6. The lowest BCUT2D eigenvalue weighted by atomic mass is 9.87. The second kappa shape index (κ2) is 18.4. The first-order valence-corrected chi connectivity index (χ1v) is 12.5. The summed E-state index contributed by atoms with van der Waals surface area (Å²) in [6, 6.07) is 0. The average Bonchev–Trinajstić information content (AvgIpc) is 2.80. The standard InChI is InChI=1S/C27H43NO9/c1-17(14-18(2)27(36)22(37-4)12-7-5-6-8-13-24(31)32)26(35)19(3)21(29)11-9-10-20(15-23(28)30)16-25(33)34/h7-8,12-14,18-20,22,26-27,35-36H,5-6,9-11,15-16H2,1-4H3,(H2,28,30)(H,31,32)(H,33,34). The molecule has 0 radical (unpaired) electrons. The minimum atomic E-state index is -1.06. The summed E-state index contributed by atoms with van der Waals surface area (Å²) in [5, 5.41) is 38.9. The molecular weight excluding hydrogens is 482 g/mol. The Morgan fingerprint density at radius 1 is 1.00 bits per heavy atom. The third-order valence-corrected chi connectivity index (χ3v) is 6.20. The number of unbranched alkanes of at least 4 members (excludes halogenated alkanes) is 1. The van der Waals surface area contributed by atoms with E-state index in [2.05, 4.69) is 0 Å². The number of rotatable bonds is 20. The molecule has 0 aliphatic rings. The second-order valence-corrected chi connectivity index (χ2v) is 9.43. The van der Waals surface area contributed by atoms with E-state index in [1.165, 1.54) is 7.11 Å². The van der Waals surface area contributed by atoms with Crippen molar-refractivity contribution in [3.05, 3.63) is 36.0 Å². The van der Waals surface area contributed by atoms with Crippen LogP contribution in [0.25, 0.3) is 0 Å². The van der Waals surface area contributed by atoms with Crippen molar-refractivity contribution in [1.29, 1.82) is 0 Å². The smallest absolute Gasteiger partial charge is 0.327 e. The summed E-state index contributed by atoms with van der Waals surface area (Å²) in [6.07, 6.45) is 6.98. The summed E-state index contributed by atoms with van der Waals surface area (Å²) in [4.78, 5) is 45.2. The zero-order chi connectivity index (χ0) is 28.5. The lowest BCUT2D eigenvalue weighted by Gasteiger charge is -2.25. The highest BCUT2D eigenvalue weighted by Crippen LogP contribution is 2.22. The van der Waals surface area contributed by atoms with Gasteiger partial charge in [0.1, 0.15) is 11.9 Å². The Labute approximate surface area is 218 Å². The number of allylic oxidation sites excluding steroid dienone is 2. The summed E-state index contributed by atoms with van der Waals surface area (Å²) in [5.41, 5.74) is 5.70. The number of Topliss-reactive ketones (excluding diaryl/α,β-unsaturated/α-hetero) is 1. The Morgan fingerprint density at radius 2 is 1.62 bits per heavy atom. The number of aliphatic carboxylic acids is 2. The fraction of sp³-hybridized carbons (Fsp3) is 0.630. The molecule has 0 aliphatic carbocycles. The van der Waals surface area contributed by atoms with Crippen LogP contribution < -0.4 is 5.73 Å². The largest absolute Gasteiger partial charge is 0.481 e. The molecule has 1 amide bonds. The topological polar surface area (TPSA) is 184 Å². The van der Waals surface area contributed by atoms with Gasteiger partial charge in [-0.1, -0.05) is 38.2 Å². The van der Waals surface area contributed by atoms with Crippen molar-refractivity contribution in [1.82, 2.24) is 0 Å². The molecular formula is C27H43NO9. The zero-order valence-corrected chi connectivity index (χ0v) is 22.2. The number of carboxylic acid groups (broad SMARTS) is 2. The van der Waals surface area contributed by atoms with E-state index < -0.39 is 53.9 Å². The van der Waals surface area contributed by atoms with Gasteiger partial charge in [0.2, 0.25) is 5.91 Å². The molecule has 6 N–H and O–H groups in total. The minimum absolute atomic E-state index is 0.0554. The Morgan fingerprint density at radius 3 is 2.16 bits per heavy atom. The van der Waals surface area contributed by atoms with Gasteiger partial charge < -0.3 is 30.9 Å². The average molecular weight is 526 g/mol. The predicted molar refractivity (Wildman–Crippen MR) is 138 cm³/mol. The van der Waals surface area contributed by atoms with E-state index in [0.717, 1.165) is 6.08 Å². The third kappa shape index (κ3) is 15.1. The third-order valence-electron chi connectivity index (χ3n) is 6.20. The summed E-state index contributed by atoms with van der Waals surface area (Å²) in [6.45, 7) is 5.06. The fourth-order valence-electron chi connectivity index (χ4n) is 4.02. The van der Waals surface area contributed by atoms with E-state index in [1.807, 2.05) is 0 Å². The molecule has 6 unspecified atom stereocenters. The molecule has 0 saturated carbocycles. The van der Waals surface area contributed by atoms with E-state index in [1.54, 1.807) is 45.1 Å². The van der Waals surface area contributed by atoms with Crippen molar-refractivity contribution in [2.45, 2.75) is 84.0 Å². The predicted octanol–water partition coefficient (Wildman–Crippen LogP) is 2.62. The number of amides is 1. The summed E-state index contributed by atoms with van der Waals surface area (Å²) >= 11 is 0. The Bertz CT molecular complexity index is 818. The van der Waals surface area contributed by atoms with Crippen LogP contribution >= 0.6 is 0 Å². The maximum atomic E-state index is 12.6. The minimum Gasteiger partial charge on any atom is -0.481 e. The lowest BCUT2D eigenvalue weighted by Crippen LogP contribution is -2.32. The van der Waals surface area contributed by atoms with E-state index in [9.17, 15) is 29.4 Å². The number of hydrogen-bond acceptors (Lipinski definition) is 7. The van der Waals surface area contributed by atoms with Crippen LogP contribution in [0.15, 0.2) is 36.0 Å². The molecule has 0 aliphatic heterocycles. The number of ketones is 1. The molecule has 10 heteroatoms. The second-order valence-electron chi connectivity index (χ2n) is 9.43. The van der Waals surface area contributed by atoms with Gasteiger partial charge in [0.15, 0.2) is 0 Å². The number of ether oxygens (including phenoxy) is 1. The number of primary amides is 1. The molecule has 6 atom stereocenters. The van der Waals surface area contributed by atoms with E-state index in [0.29, 0.717) is 31.3 Å². The van der Waals surface area contributed by atoms with Gasteiger partial charge in [-0.05, 0) is 44.1 Å². The van der Waals surface area contributed by atoms with Crippen molar-refractivity contribution in [2.24, 2.45) is 23.5 Å². The first-order valence-electron chi connectivity index (χ1n) is 12.5. The van der Waals surface area contributed by atoms with Gasteiger partial charge in [0.05, 0.1) is 12.2 Å². The van der Waals surface area contributed by atoms with Crippen LogP contribution in [-0.4, -0.2) is 69.5 Å². The maximum Gasteiger partial charge on any atom is 0.327 e. The number of carboxylic acids is 2. The normalized spacial score (nSPS) is 17.3. The van der Waals surface area contributed by atoms with Gasteiger partial charge >= 0.3 is 11.9 Å². The van der Waals surface area contributed by atoms with Gasteiger partial charge in [-0.15, -0.1) is 0 Å². The molecule has 37 heavy (non-hydrogen) atoms. The number of hydrogen-bond donors (Lipinski definition) is 5. The number of methoxy groups -OCH3 is 1. The van der Waals surface area contributed by atoms with E-state index in [4.69, 9.17) is 20.7 Å². The summed E-state index contributed by atoms with van der Waals surface area (Å²) in [7, 11) is 1.46. The SMILES string of the molecule is COC(C=CCCC=CC(=O)O)C(O)C(C)C=C(C)C(O)C(C)C(=O)CCCC(CC(N)=O)CC(=O)O. The molecule has 0 saturated heterocycles. The monoisotopic (exact) mass is 525 g/mol. The van der Waals surface area contributed by atoms with Gasteiger partial charge in [-0.2, -0.15) is 0 Å². The number of aliphatic hydroxyl groups excluding tert-OH is 2. The van der Waals surface area contributed by atoms with Crippen LogP contribution in [0.3, 0.4) is 0 Å². The Kier molecular flexibility index (Phi) is 17.0. The van der Waals surface area contributed by atoms with E-state index >= 15 is 0 Å². The number of nitrogens with two attached hydrogens (primary N) is 1. The molecule has 0 aromatic carbocycles. The molecule has 0 rings (SSSR count). The van der Waals surface area contributed by atoms with Crippen molar-refractivity contribution < 1.29 is 44.3 Å². The number of carbonyl (C=O) groups excluding carboxylic acids is 2. The number of carbonyl (C=O) groups is 4. The first kappa shape index (κ1) is 34.2. The summed E-state index contributed by atoms with van der Waals surface area (Å²) < 4.78 is 5.36. The van der Waals surface area contributed by atoms with Gasteiger partial charge in [0, 0.05) is 44.3 Å². The molecule has 210 valence electrons. The molecule has 0 bridgehead atoms. The Balaban J connectivity index is 4.92. The molecule has 0 aromatic heterocycles. The molecule has 0 spiro atoms. The molecule has 10 nitrogen and oxygen atoms in total. The van der Waals surface area contributed by atoms with Crippen LogP contribution in [-0.2, 0) is 23.9 Å². The molecule has 0 heterocycles. The van der Waals surface area contributed by atoms with Crippen LogP contribution in [0, 0.1) is 17.8 Å². The molecule has 0 fully saturated rings. The van der Waals surface area contributed by atoms with Crippen molar-refractivity contribution in [3.63, 3.8) is 0 Å². The van der Waals surface area contributed by atoms with Crippen molar-refractivity contribution in [3.8, 4) is 0 Å². The fourth-order valence-corrected chi connectivity index (χ4v) is 4.02. The quantitative estimate of drug-likeness (QED) is 0.0905. The van der Waals surface area contributed by atoms with Gasteiger partial charge in [0.25, 0.3) is 0 Å². The van der Waals surface area contributed by atoms with Crippen LogP contribution in [0.1, 0.15) is 65.7 Å². The van der Waals surface area contributed by atoms with Crippen LogP contribution in [0.5, 0.6) is 0 Å². The Hall–Kier alpha value is -2.82. The number of aliphatic hydroxyl groups is 2.